The maximum atomic E-state index is 14.1. The Labute approximate surface area is 229 Å². The van der Waals surface area contributed by atoms with Crippen molar-refractivity contribution in [2.45, 2.75) is 30.7 Å². The minimum Gasteiger partial charge on any atom is -0.321 e. The molecule has 7 nitrogen and oxygen atoms in total. The number of amides is 2. The minimum absolute atomic E-state index is 0.00668. The Morgan fingerprint density at radius 2 is 1.70 bits per heavy atom. The highest BCUT2D eigenvalue weighted by atomic mass is 35.5. The molecule has 0 aromatic heterocycles. The zero-order chi connectivity index (χ0) is 29.0. The molecule has 2 N–H and O–H groups in total. The highest BCUT2D eigenvalue weighted by Crippen LogP contribution is 2.37. The number of hydrogen-bond acceptors (Lipinski definition) is 4. The molecule has 40 heavy (non-hydrogen) atoms. The van der Waals surface area contributed by atoms with Crippen LogP contribution in [0.15, 0.2) is 53.5 Å². The van der Waals surface area contributed by atoms with Crippen LogP contribution < -0.4 is 10.0 Å². The highest BCUT2D eigenvalue weighted by Gasteiger charge is 2.35. The summed E-state index contributed by atoms with van der Waals surface area (Å²) in [5.74, 6) is -4.11. The SMILES string of the molecule is O=C(Nc1cc(NS(=O)(=O)C2CCC2)cc2c1C(c1cc(F)ccc1Cl)=NC2=O)c1cc(F)cc(C(F)(F)F)c1. The van der Waals surface area contributed by atoms with Gasteiger partial charge < -0.3 is 5.32 Å². The summed E-state index contributed by atoms with van der Waals surface area (Å²) in [6.07, 6.45) is -3.38. The molecule has 2 amide bonds. The fourth-order valence-electron chi connectivity index (χ4n) is 4.32. The standard InChI is InChI=1S/C26H17ClF5N3O4S/c27-20-5-4-14(28)9-18(20)23-22-19(25(37)34-23)10-16(35-40(38,39)17-2-1-3-17)11-21(22)33-24(36)12-6-13(26(30,31)32)8-15(29)7-12/h4-11,17,35H,1-3H2,(H,33,36). The highest BCUT2D eigenvalue weighted by molar-refractivity contribution is 7.93. The zero-order valence-corrected chi connectivity index (χ0v) is 21.6. The number of hydrogen-bond donors (Lipinski definition) is 2. The molecule has 208 valence electrons. The number of fused-ring (bicyclic) bond motifs is 1. The Morgan fingerprint density at radius 1 is 0.975 bits per heavy atom. The van der Waals surface area contributed by atoms with Crippen LogP contribution in [-0.2, 0) is 16.2 Å². The summed E-state index contributed by atoms with van der Waals surface area (Å²) in [6.45, 7) is 0. The number of sulfonamides is 1. The molecule has 0 unspecified atom stereocenters. The van der Waals surface area contributed by atoms with Crippen LogP contribution in [0.2, 0.25) is 5.02 Å². The zero-order valence-electron chi connectivity index (χ0n) is 20.1. The summed E-state index contributed by atoms with van der Waals surface area (Å²) in [5.41, 5.74) is -2.95. The molecule has 3 aromatic carbocycles. The first-order valence-electron chi connectivity index (χ1n) is 11.7. The van der Waals surface area contributed by atoms with Gasteiger partial charge in [-0.2, -0.15) is 13.2 Å². The lowest BCUT2D eigenvalue weighted by Crippen LogP contribution is -2.33. The van der Waals surface area contributed by atoms with Gasteiger partial charge in [-0.25, -0.2) is 22.2 Å². The van der Waals surface area contributed by atoms with Crippen molar-refractivity contribution in [3.05, 3.63) is 93.0 Å². The molecule has 0 radical (unpaired) electrons. The molecule has 0 bridgehead atoms. The first-order chi connectivity index (χ1) is 18.7. The second kappa shape index (κ2) is 9.97. The predicted molar refractivity (Wildman–Crippen MR) is 137 cm³/mol. The van der Waals surface area contributed by atoms with Crippen LogP contribution in [0.5, 0.6) is 0 Å². The number of nitrogens with one attached hydrogen (secondary N) is 2. The van der Waals surface area contributed by atoms with Crippen molar-refractivity contribution < 1.29 is 40.0 Å². The third-order valence-electron chi connectivity index (χ3n) is 6.49. The monoisotopic (exact) mass is 597 g/mol. The summed E-state index contributed by atoms with van der Waals surface area (Å²) in [4.78, 5) is 29.9. The fraction of sp³-hybridized carbons (Fsp3) is 0.192. The van der Waals surface area contributed by atoms with Gasteiger partial charge in [-0.05, 0) is 61.4 Å². The molecule has 1 fully saturated rings. The van der Waals surface area contributed by atoms with Gasteiger partial charge >= 0.3 is 6.18 Å². The van der Waals surface area contributed by atoms with Crippen LogP contribution in [0.4, 0.5) is 33.3 Å². The van der Waals surface area contributed by atoms with E-state index in [2.05, 4.69) is 15.0 Å². The number of anilines is 2. The Bertz CT molecular complexity index is 1720. The first kappa shape index (κ1) is 27.7. The molecule has 5 rings (SSSR count). The van der Waals surface area contributed by atoms with Crippen molar-refractivity contribution in [3.63, 3.8) is 0 Å². The van der Waals surface area contributed by atoms with E-state index in [0.717, 1.165) is 18.2 Å². The molecular formula is C26H17ClF5N3O4S. The second-order valence-electron chi connectivity index (χ2n) is 9.22. The van der Waals surface area contributed by atoms with E-state index in [9.17, 15) is 40.0 Å². The van der Waals surface area contributed by atoms with Crippen molar-refractivity contribution >= 4 is 50.5 Å². The van der Waals surface area contributed by atoms with E-state index in [1.54, 1.807) is 0 Å². The number of carbonyl (C=O) groups excluding carboxylic acids is 2. The lowest BCUT2D eigenvalue weighted by molar-refractivity contribution is -0.137. The molecule has 3 aromatic rings. The third kappa shape index (κ3) is 5.30. The molecule has 1 saturated carbocycles. The summed E-state index contributed by atoms with van der Waals surface area (Å²) >= 11 is 6.21. The predicted octanol–water partition coefficient (Wildman–Crippen LogP) is 6.17. The Kier molecular flexibility index (Phi) is 6.91. The van der Waals surface area contributed by atoms with Gasteiger partial charge in [0.2, 0.25) is 10.0 Å². The summed E-state index contributed by atoms with van der Waals surface area (Å²) in [5, 5.41) is 1.65. The minimum atomic E-state index is -4.95. The summed E-state index contributed by atoms with van der Waals surface area (Å²) in [7, 11) is -3.87. The van der Waals surface area contributed by atoms with E-state index in [1.165, 1.54) is 12.1 Å². The summed E-state index contributed by atoms with van der Waals surface area (Å²) < 4.78 is 95.6. The van der Waals surface area contributed by atoms with Gasteiger partial charge in [-0.3, -0.25) is 14.3 Å². The van der Waals surface area contributed by atoms with Gasteiger partial charge in [-0.1, -0.05) is 18.0 Å². The average molecular weight is 598 g/mol. The Balaban J connectivity index is 1.62. The molecule has 1 aliphatic carbocycles. The number of alkyl halides is 3. The Morgan fingerprint density at radius 3 is 2.35 bits per heavy atom. The van der Waals surface area contributed by atoms with Crippen LogP contribution in [0, 0.1) is 11.6 Å². The smallest absolute Gasteiger partial charge is 0.321 e. The van der Waals surface area contributed by atoms with Crippen molar-refractivity contribution in [1.82, 2.24) is 0 Å². The van der Waals surface area contributed by atoms with Crippen LogP contribution in [0.1, 0.15) is 56.7 Å². The van der Waals surface area contributed by atoms with E-state index in [-0.39, 0.29) is 44.9 Å². The van der Waals surface area contributed by atoms with Crippen molar-refractivity contribution in [2.75, 3.05) is 10.0 Å². The fourth-order valence-corrected chi connectivity index (χ4v) is 6.10. The van der Waals surface area contributed by atoms with Gasteiger partial charge in [0.1, 0.15) is 11.6 Å². The molecule has 0 saturated heterocycles. The number of rotatable bonds is 6. The quantitative estimate of drug-likeness (QED) is 0.331. The van der Waals surface area contributed by atoms with Crippen LogP contribution in [-0.4, -0.2) is 31.2 Å². The van der Waals surface area contributed by atoms with Gasteiger partial charge in [0.15, 0.2) is 0 Å². The van der Waals surface area contributed by atoms with Crippen molar-refractivity contribution in [2.24, 2.45) is 4.99 Å². The molecular weight excluding hydrogens is 581 g/mol. The Hall–Kier alpha value is -3.84. The van der Waals surface area contributed by atoms with E-state index in [0.29, 0.717) is 31.4 Å². The van der Waals surface area contributed by atoms with Crippen LogP contribution >= 0.6 is 11.6 Å². The molecule has 14 heteroatoms. The van der Waals surface area contributed by atoms with E-state index in [4.69, 9.17) is 11.6 Å². The number of nitrogens with zero attached hydrogens (tertiary/aromatic N) is 1. The largest absolute Gasteiger partial charge is 0.416 e. The van der Waals surface area contributed by atoms with Gasteiger partial charge in [0.05, 0.1) is 38.5 Å². The van der Waals surface area contributed by atoms with Crippen LogP contribution in [0.25, 0.3) is 0 Å². The van der Waals surface area contributed by atoms with Crippen molar-refractivity contribution in [1.29, 1.82) is 0 Å². The molecule has 0 atom stereocenters. The van der Waals surface area contributed by atoms with E-state index in [1.807, 2.05) is 0 Å². The lowest BCUT2D eigenvalue weighted by atomic mass is 9.97. The maximum absolute atomic E-state index is 14.1. The number of halogens is 6. The van der Waals surface area contributed by atoms with E-state index >= 15 is 0 Å². The maximum Gasteiger partial charge on any atom is 0.416 e. The van der Waals surface area contributed by atoms with Gasteiger partial charge in [0, 0.05) is 16.7 Å². The molecule has 2 aliphatic rings. The topological polar surface area (TPSA) is 105 Å². The molecule has 1 heterocycles. The summed E-state index contributed by atoms with van der Waals surface area (Å²) in [6, 6.07) is 6.82. The van der Waals surface area contributed by atoms with Crippen molar-refractivity contribution in [3.8, 4) is 0 Å². The normalized spacial score (nSPS) is 15.3. The number of carbonyl (C=O) groups is 2. The number of benzene rings is 3. The average Bonchev–Trinajstić information content (AvgIpc) is 3.14. The second-order valence-corrected chi connectivity index (χ2v) is 11.6. The molecule has 1 aliphatic heterocycles. The lowest BCUT2D eigenvalue weighted by Gasteiger charge is -2.26. The number of aliphatic imine (C=N–C) groups is 1. The third-order valence-corrected chi connectivity index (χ3v) is 8.69. The van der Waals surface area contributed by atoms with E-state index < -0.39 is 56.0 Å². The first-order valence-corrected chi connectivity index (χ1v) is 13.6. The van der Waals surface area contributed by atoms with Gasteiger partial charge in [0.25, 0.3) is 11.8 Å². The molecule has 0 spiro atoms. The van der Waals surface area contributed by atoms with Crippen LogP contribution in [0.3, 0.4) is 0 Å². The van der Waals surface area contributed by atoms with Gasteiger partial charge in [-0.15, -0.1) is 0 Å².